The van der Waals surface area contributed by atoms with Crippen molar-refractivity contribution in [3.8, 4) is 11.5 Å². The van der Waals surface area contributed by atoms with Gasteiger partial charge in [0.15, 0.2) is 0 Å². The molecule has 0 saturated heterocycles. The lowest BCUT2D eigenvalue weighted by atomic mass is 9.78. The van der Waals surface area contributed by atoms with Gasteiger partial charge in [0.2, 0.25) is 0 Å². The van der Waals surface area contributed by atoms with Crippen LogP contribution in [0.5, 0.6) is 11.5 Å². The molecule has 1 aliphatic rings. The molecule has 1 aromatic carbocycles. The third-order valence-electron chi connectivity index (χ3n) is 3.81. The van der Waals surface area contributed by atoms with Crippen molar-refractivity contribution in [1.82, 2.24) is 0 Å². The average molecular weight is 220 g/mol. The highest BCUT2D eigenvalue weighted by atomic mass is 16.3. The third-order valence-corrected chi connectivity index (χ3v) is 3.81. The topological polar surface area (TPSA) is 40.5 Å². The van der Waals surface area contributed by atoms with E-state index in [2.05, 4.69) is 6.92 Å². The predicted molar refractivity (Wildman–Crippen MR) is 64.8 cm³/mol. The van der Waals surface area contributed by atoms with Gasteiger partial charge in [0.05, 0.1) is 0 Å². The third kappa shape index (κ3) is 2.49. The molecule has 1 saturated carbocycles. The molecule has 0 radical (unpaired) electrons. The van der Waals surface area contributed by atoms with Crippen LogP contribution < -0.4 is 0 Å². The van der Waals surface area contributed by atoms with Crippen molar-refractivity contribution < 1.29 is 10.2 Å². The van der Waals surface area contributed by atoms with Crippen LogP contribution in [0, 0.1) is 5.92 Å². The second kappa shape index (κ2) is 4.77. The van der Waals surface area contributed by atoms with E-state index < -0.39 is 0 Å². The van der Waals surface area contributed by atoms with Crippen LogP contribution in [0.3, 0.4) is 0 Å². The lowest BCUT2D eigenvalue weighted by Crippen LogP contribution is -2.13. The Morgan fingerprint density at radius 3 is 2.12 bits per heavy atom. The molecule has 2 N–H and O–H groups in total. The fourth-order valence-electron chi connectivity index (χ4n) is 2.79. The Labute approximate surface area is 96.9 Å². The molecule has 2 nitrogen and oxygen atoms in total. The highest BCUT2D eigenvalue weighted by Crippen LogP contribution is 2.37. The summed E-state index contributed by atoms with van der Waals surface area (Å²) in [5.74, 6) is 1.46. The molecule has 0 aromatic heterocycles. The molecule has 1 aromatic rings. The number of hydrogen-bond acceptors (Lipinski definition) is 2. The number of phenolic OH excluding ortho intramolecular Hbond substituents is 2. The maximum atomic E-state index is 9.48. The summed E-state index contributed by atoms with van der Waals surface area (Å²) < 4.78 is 0. The Morgan fingerprint density at radius 2 is 1.56 bits per heavy atom. The summed E-state index contributed by atoms with van der Waals surface area (Å²) in [6, 6.07) is 4.94. The van der Waals surface area contributed by atoms with Crippen molar-refractivity contribution in [2.75, 3.05) is 0 Å². The Kier molecular flexibility index (Phi) is 3.37. The molecule has 1 fully saturated rings. The number of rotatable bonds is 2. The van der Waals surface area contributed by atoms with Gasteiger partial charge in [-0.05, 0) is 42.4 Å². The standard InChI is InChI=1S/C14H20O2/c1-10(11-5-3-2-4-6-11)12-7-13(15)9-14(16)8-12/h7-11,15-16H,2-6H2,1H3. The second-order valence-corrected chi connectivity index (χ2v) is 4.97. The first-order chi connectivity index (χ1) is 7.66. The van der Waals surface area contributed by atoms with E-state index in [1.807, 2.05) is 0 Å². The van der Waals surface area contributed by atoms with Crippen LogP contribution in [0.25, 0.3) is 0 Å². The zero-order valence-corrected chi connectivity index (χ0v) is 9.82. The first-order valence-electron chi connectivity index (χ1n) is 6.20. The highest BCUT2D eigenvalue weighted by molar-refractivity contribution is 5.38. The van der Waals surface area contributed by atoms with Crippen LogP contribution in [0.4, 0.5) is 0 Å². The Bertz CT molecular complexity index is 334. The minimum absolute atomic E-state index is 0.164. The van der Waals surface area contributed by atoms with E-state index in [-0.39, 0.29) is 11.5 Å². The van der Waals surface area contributed by atoms with E-state index >= 15 is 0 Å². The van der Waals surface area contributed by atoms with Crippen LogP contribution in [-0.4, -0.2) is 10.2 Å². The van der Waals surface area contributed by atoms with Gasteiger partial charge < -0.3 is 10.2 Å². The van der Waals surface area contributed by atoms with Gasteiger partial charge in [-0.1, -0.05) is 26.2 Å². The van der Waals surface area contributed by atoms with E-state index in [1.165, 1.54) is 38.2 Å². The number of hydrogen-bond donors (Lipinski definition) is 2. The molecule has 1 aliphatic carbocycles. The van der Waals surface area contributed by atoms with Gasteiger partial charge >= 0.3 is 0 Å². The van der Waals surface area contributed by atoms with E-state index in [4.69, 9.17) is 0 Å². The van der Waals surface area contributed by atoms with Gasteiger partial charge in [-0.25, -0.2) is 0 Å². The molecular formula is C14H20O2. The van der Waals surface area contributed by atoms with Crippen molar-refractivity contribution in [3.63, 3.8) is 0 Å². The van der Waals surface area contributed by atoms with Crippen LogP contribution in [0.2, 0.25) is 0 Å². The molecule has 88 valence electrons. The first-order valence-corrected chi connectivity index (χ1v) is 6.20. The molecular weight excluding hydrogens is 200 g/mol. The minimum atomic E-state index is 0.164. The van der Waals surface area contributed by atoms with E-state index in [0.717, 1.165) is 5.56 Å². The summed E-state index contributed by atoms with van der Waals surface area (Å²) >= 11 is 0. The number of aromatic hydroxyl groups is 2. The SMILES string of the molecule is CC(c1cc(O)cc(O)c1)C1CCCCC1. The summed E-state index contributed by atoms with van der Waals surface area (Å²) in [4.78, 5) is 0. The van der Waals surface area contributed by atoms with E-state index in [9.17, 15) is 10.2 Å². The minimum Gasteiger partial charge on any atom is -0.508 e. The van der Waals surface area contributed by atoms with Crippen molar-refractivity contribution in [1.29, 1.82) is 0 Å². The normalized spacial score (nSPS) is 19.6. The summed E-state index contributed by atoms with van der Waals surface area (Å²) in [6.07, 6.45) is 6.54. The summed E-state index contributed by atoms with van der Waals surface area (Å²) in [5, 5.41) is 19.0. The number of phenols is 2. The monoisotopic (exact) mass is 220 g/mol. The smallest absolute Gasteiger partial charge is 0.119 e. The zero-order chi connectivity index (χ0) is 11.5. The molecule has 2 heteroatoms. The van der Waals surface area contributed by atoms with Crippen LogP contribution in [0.15, 0.2) is 18.2 Å². The maximum Gasteiger partial charge on any atom is 0.119 e. The molecule has 1 unspecified atom stereocenters. The quantitative estimate of drug-likeness (QED) is 0.796. The summed E-state index contributed by atoms with van der Waals surface area (Å²) in [7, 11) is 0. The van der Waals surface area contributed by atoms with Gasteiger partial charge in [-0.3, -0.25) is 0 Å². The largest absolute Gasteiger partial charge is 0.508 e. The fraction of sp³-hybridized carbons (Fsp3) is 0.571. The van der Waals surface area contributed by atoms with Crippen LogP contribution in [-0.2, 0) is 0 Å². The molecule has 1 atom stereocenters. The fourth-order valence-corrected chi connectivity index (χ4v) is 2.79. The first kappa shape index (κ1) is 11.3. The predicted octanol–water partition coefficient (Wildman–Crippen LogP) is 3.78. The summed E-state index contributed by atoms with van der Waals surface area (Å²) in [5.41, 5.74) is 1.06. The lowest BCUT2D eigenvalue weighted by molar-refractivity contribution is 0.315. The van der Waals surface area contributed by atoms with Gasteiger partial charge in [-0.2, -0.15) is 0 Å². The van der Waals surface area contributed by atoms with Gasteiger partial charge in [0, 0.05) is 6.07 Å². The summed E-state index contributed by atoms with van der Waals surface area (Å²) in [6.45, 7) is 2.20. The Morgan fingerprint density at radius 1 is 1.00 bits per heavy atom. The molecule has 0 bridgehead atoms. The van der Waals surface area contributed by atoms with Gasteiger partial charge in [0.1, 0.15) is 11.5 Å². The van der Waals surface area contributed by atoms with Crippen LogP contribution in [0.1, 0.15) is 50.5 Å². The maximum absolute atomic E-state index is 9.48. The molecule has 0 aliphatic heterocycles. The Hall–Kier alpha value is -1.18. The van der Waals surface area contributed by atoms with E-state index in [1.54, 1.807) is 12.1 Å². The zero-order valence-electron chi connectivity index (χ0n) is 9.82. The van der Waals surface area contributed by atoms with Crippen LogP contribution >= 0.6 is 0 Å². The van der Waals surface area contributed by atoms with Crippen molar-refractivity contribution in [2.45, 2.75) is 44.9 Å². The van der Waals surface area contributed by atoms with Crippen molar-refractivity contribution in [3.05, 3.63) is 23.8 Å². The molecule has 0 heterocycles. The second-order valence-electron chi connectivity index (χ2n) is 4.97. The highest BCUT2D eigenvalue weighted by Gasteiger charge is 2.21. The van der Waals surface area contributed by atoms with Crippen molar-refractivity contribution >= 4 is 0 Å². The lowest BCUT2D eigenvalue weighted by Gasteiger charge is -2.28. The van der Waals surface area contributed by atoms with Gasteiger partial charge in [-0.15, -0.1) is 0 Å². The van der Waals surface area contributed by atoms with E-state index in [0.29, 0.717) is 11.8 Å². The average Bonchev–Trinajstić information content (AvgIpc) is 2.28. The van der Waals surface area contributed by atoms with Crippen molar-refractivity contribution in [2.24, 2.45) is 5.92 Å². The molecule has 0 spiro atoms. The Balaban J connectivity index is 2.15. The van der Waals surface area contributed by atoms with Gasteiger partial charge in [0.25, 0.3) is 0 Å². The number of benzene rings is 1. The molecule has 16 heavy (non-hydrogen) atoms. The molecule has 0 amide bonds. The molecule has 2 rings (SSSR count).